The van der Waals surface area contributed by atoms with E-state index in [1.54, 1.807) is 6.26 Å². The predicted molar refractivity (Wildman–Crippen MR) is 32.9 cm³/mol. The maximum atomic E-state index is 10.8. The highest BCUT2D eigenvalue weighted by Crippen LogP contribution is 2.28. The second kappa shape index (κ2) is 2.09. The Kier molecular flexibility index (Phi) is 1.24. The predicted octanol–water partition coefficient (Wildman–Crippen LogP) is 0.954. The molecule has 0 N–H and O–H groups in total. The Hall–Kier alpha value is -0.830. The molecular weight excluding hydrogens is 132 g/mol. The van der Waals surface area contributed by atoms with Crippen LogP contribution in [0.4, 0.5) is 0 Å². The van der Waals surface area contributed by atoms with Crippen LogP contribution in [-0.2, 0) is 14.6 Å². The Morgan fingerprint density at radius 3 is 3.30 bits per heavy atom. The lowest BCUT2D eigenvalue weighted by Gasteiger charge is -2.14. The van der Waals surface area contributed by atoms with E-state index in [1.807, 2.05) is 0 Å². The summed E-state index contributed by atoms with van der Waals surface area (Å²) in [6.45, 7) is 0. The highest BCUT2D eigenvalue weighted by Gasteiger charge is 2.29. The Bertz CT molecular complexity index is 195. The van der Waals surface area contributed by atoms with E-state index < -0.39 is 0 Å². The summed E-state index contributed by atoms with van der Waals surface area (Å²) < 4.78 is 0. The summed E-state index contributed by atoms with van der Waals surface area (Å²) in [5, 5.41) is 0. The van der Waals surface area contributed by atoms with Gasteiger partial charge in [0, 0.05) is 18.4 Å². The van der Waals surface area contributed by atoms with Gasteiger partial charge in [-0.05, 0) is 6.42 Å². The van der Waals surface area contributed by atoms with Crippen molar-refractivity contribution in [3.63, 3.8) is 0 Å². The molecule has 1 aliphatic carbocycles. The monoisotopic (exact) mass is 140 g/mol. The summed E-state index contributed by atoms with van der Waals surface area (Å²) in [7, 11) is 0. The molecule has 0 radical (unpaired) electrons. The van der Waals surface area contributed by atoms with E-state index in [1.165, 1.54) is 0 Å². The van der Waals surface area contributed by atoms with Gasteiger partial charge in [0.25, 0.3) is 0 Å². The summed E-state index contributed by atoms with van der Waals surface area (Å²) in [5.74, 6) is 0.271. The Balaban J connectivity index is 2.13. The zero-order valence-corrected chi connectivity index (χ0v) is 5.50. The molecule has 0 aromatic rings. The van der Waals surface area contributed by atoms with E-state index in [4.69, 9.17) is 4.89 Å². The standard InChI is InChI=1S/C7H8O3/c8-6-2-1-5-4-9-10-7(5)3-6/h4,7H,1-3H2. The first kappa shape index (κ1) is 5.92. The number of rotatable bonds is 0. The minimum absolute atomic E-state index is 0.0683. The van der Waals surface area contributed by atoms with Crippen LogP contribution in [0.2, 0.25) is 0 Å². The summed E-state index contributed by atoms with van der Waals surface area (Å²) >= 11 is 0. The van der Waals surface area contributed by atoms with Gasteiger partial charge in [0.2, 0.25) is 0 Å². The van der Waals surface area contributed by atoms with Crippen molar-refractivity contribution in [2.24, 2.45) is 0 Å². The molecule has 10 heavy (non-hydrogen) atoms. The quantitative estimate of drug-likeness (QED) is 0.470. The van der Waals surface area contributed by atoms with Crippen molar-refractivity contribution < 1.29 is 14.6 Å². The minimum atomic E-state index is -0.0683. The average molecular weight is 140 g/mol. The first-order chi connectivity index (χ1) is 4.86. The van der Waals surface area contributed by atoms with Crippen LogP contribution >= 0.6 is 0 Å². The van der Waals surface area contributed by atoms with E-state index >= 15 is 0 Å². The molecule has 1 saturated carbocycles. The molecule has 1 heterocycles. The molecule has 3 heteroatoms. The van der Waals surface area contributed by atoms with Gasteiger partial charge in [0.1, 0.15) is 18.1 Å². The van der Waals surface area contributed by atoms with E-state index in [0.29, 0.717) is 12.8 Å². The third-order valence-electron chi connectivity index (χ3n) is 1.89. The Morgan fingerprint density at radius 1 is 1.50 bits per heavy atom. The van der Waals surface area contributed by atoms with Crippen LogP contribution in [0.15, 0.2) is 11.8 Å². The van der Waals surface area contributed by atoms with E-state index in [0.717, 1.165) is 12.0 Å². The lowest BCUT2D eigenvalue weighted by molar-refractivity contribution is -0.253. The van der Waals surface area contributed by atoms with Gasteiger partial charge in [-0.15, -0.1) is 0 Å². The molecule has 2 rings (SSSR count). The number of Topliss-reactive ketones (excluding diaryl/α,β-unsaturated/α-hetero) is 1. The molecule has 54 valence electrons. The molecule has 0 bridgehead atoms. The van der Waals surface area contributed by atoms with Crippen LogP contribution in [0.5, 0.6) is 0 Å². The van der Waals surface area contributed by atoms with Crippen LogP contribution in [0, 0.1) is 0 Å². The summed E-state index contributed by atoms with van der Waals surface area (Å²) in [6, 6.07) is 0. The lowest BCUT2D eigenvalue weighted by Crippen LogP contribution is -2.21. The fourth-order valence-electron chi connectivity index (χ4n) is 1.27. The van der Waals surface area contributed by atoms with Gasteiger partial charge < -0.3 is 4.89 Å². The Labute approximate surface area is 58.5 Å². The van der Waals surface area contributed by atoms with Crippen molar-refractivity contribution in [2.75, 3.05) is 0 Å². The molecule has 1 unspecified atom stereocenters. The van der Waals surface area contributed by atoms with E-state index in [9.17, 15) is 4.79 Å². The molecule has 1 atom stereocenters. The molecule has 0 spiro atoms. The van der Waals surface area contributed by atoms with Crippen molar-refractivity contribution >= 4 is 5.78 Å². The maximum Gasteiger partial charge on any atom is 0.136 e. The molecule has 0 aromatic carbocycles. The summed E-state index contributed by atoms with van der Waals surface area (Å²) in [4.78, 5) is 20.3. The van der Waals surface area contributed by atoms with E-state index in [-0.39, 0.29) is 11.9 Å². The fraction of sp³-hybridized carbons (Fsp3) is 0.571. The molecule has 3 nitrogen and oxygen atoms in total. The number of carbonyl (C=O) groups excluding carboxylic acids is 1. The number of fused-ring (bicyclic) bond motifs is 1. The molecular formula is C7H8O3. The van der Waals surface area contributed by atoms with Crippen LogP contribution < -0.4 is 0 Å². The number of hydrogen-bond donors (Lipinski definition) is 0. The summed E-state index contributed by atoms with van der Waals surface area (Å²) in [6.07, 6.45) is 3.49. The smallest absolute Gasteiger partial charge is 0.136 e. The van der Waals surface area contributed by atoms with Gasteiger partial charge in [-0.3, -0.25) is 4.79 Å². The molecule has 1 fully saturated rings. The first-order valence-corrected chi connectivity index (χ1v) is 3.39. The van der Waals surface area contributed by atoms with Crippen molar-refractivity contribution in [3.8, 4) is 0 Å². The van der Waals surface area contributed by atoms with Gasteiger partial charge in [-0.25, -0.2) is 0 Å². The maximum absolute atomic E-state index is 10.8. The Morgan fingerprint density at radius 2 is 2.40 bits per heavy atom. The van der Waals surface area contributed by atoms with E-state index in [2.05, 4.69) is 4.89 Å². The van der Waals surface area contributed by atoms with Gasteiger partial charge in [0.05, 0.1) is 0 Å². The van der Waals surface area contributed by atoms with Crippen molar-refractivity contribution in [3.05, 3.63) is 11.8 Å². The zero-order valence-electron chi connectivity index (χ0n) is 5.50. The largest absolute Gasteiger partial charge is 0.345 e. The third-order valence-corrected chi connectivity index (χ3v) is 1.89. The SMILES string of the molecule is O=C1CCC2=COOC2C1. The molecule has 0 aromatic heterocycles. The molecule has 0 amide bonds. The molecule has 0 saturated heterocycles. The average Bonchev–Trinajstić information content (AvgIpc) is 2.33. The fourth-order valence-corrected chi connectivity index (χ4v) is 1.27. The minimum Gasteiger partial charge on any atom is -0.345 e. The second-order valence-electron chi connectivity index (χ2n) is 2.62. The van der Waals surface area contributed by atoms with Gasteiger partial charge in [0.15, 0.2) is 0 Å². The number of carbonyl (C=O) groups is 1. The third kappa shape index (κ3) is 0.827. The number of hydrogen-bond acceptors (Lipinski definition) is 3. The van der Waals surface area contributed by atoms with Crippen LogP contribution in [0.25, 0.3) is 0 Å². The normalized spacial score (nSPS) is 31.0. The number of ketones is 1. The second-order valence-corrected chi connectivity index (χ2v) is 2.62. The highest BCUT2D eigenvalue weighted by molar-refractivity contribution is 5.81. The highest BCUT2D eigenvalue weighted by atomic mass is 17.2. The summed E-state index contributed by atoms with van der Waals surface area (Å²) in [5.41, 5.74) is 1.12. The first-order valence-electron chi connectivity index (χ1n) is 3.39. The van der Waals surface area contributed by atoms with Gasteiger partial charge >= 0.3 is 0 Å². The topological polar surface area (TPSA) is 35.5 Å². The van der Waals surface area contributed by atoms with Crippen molar-refractivity contribution in [1.29, 1.82) is 0 Å². The van der Waals surface area contributed by atoms with Crippen molar-refractivity contribution in [1.82, 2.24) is 0 Å². The van der Waals surface area contributed by atoms with Gasteiger partial charge in [-0.2, -0.15) is 4.89 Å². The van der Waals surface area contributed by atoms with Crippen LogP contribution in [0.3, 0.4) is 0 Å². The lowest BCUT2D eigenvalue weighted by atomic mass is 9.92. The van der Waals surface area contributed by atoms with Gasteiger partial charge in [-0.1, -0.05) is 0 Å². The van der Waals surface area contributed by atoms with Crippen LogP contribution in [0.1, 0.15) is 19.3 Å². The van der Waals surface area contributed by atoms with Crippen molar-refractivity contribution in [2.45, 2.75) is 25.4 Å². The zero-order chi connectivity index (χ0) is 6.97. The van der Waals surface area contributed by atoms with Crippen LogP contribution in [-0.4, -0.2) is 11.9 Å². The molecule has 2 aliphatic rings. The molecule has 1 aliphatic heterocycles.